The Bertz CT molecular complexity index is 1170. The van der Waals surface area contributed by atoms with Crippen molar-refractivity contribution in [1.29, 1.82) is 0 Å². The molecule has 0 bridgehead atoms. The minimum absolute atomic E-state index is 0.0808. The van der Waals surface area contributed by atoms with Crippen molar-refractivity contribution in [3.05, 3.63) is 89.5 Å². The van der Waals surface area contributed by atoms with Gasteiger partial charge in [-0.1, -0.05) is 24.3 Å². The molecule has 0 radical (unpaired) electrons. The van der Waals surface area contributed by atoms with Crippen LogP contribution in [0, 0.1) is 11.6 Å². The number of halogens is 2. The Labute approximate surface area is 196 Å². The van der Waals surface area contributed by atoms with Crippen molar-refractivity contribution < 1.29 is 23.0 Å². The summed E-state index contributed by atoms with van der Waals surface area (Å²) in [5.41, 5.74) is 2.26. The lowest BCUT2D eigenvalue weighted by molar-refractivity contribution is 0.0929. The molecule has 1 saturated heterocycles. The van der Waals surface area contributed by atoms with Gasteiger partial charge in [-0.05, 0) is 48.0 Å². The Kier molecular flexibility index (Phi) is 6.31. The van der Waals surface area contributed by atoms with Crippen LogP contribution in [0.4, 0.5) is 14.5 Å². The maximum Gasteiger partial charge on any atom is 0.251 e. The summed E-state index contributed by atoms with van der Waals surface area (Å²) in [6.07, 6.45) is 0. The number of nitrogens with one attached hydrogen (secondary N) is 1. The van der Waals surface area contributed by atoms with E-state index in [1.54, 1.807) is 0 Å². The van der Waals surface area contributed by atoms with E-state index >= 15 is 0 Å². The zero-order valence-corrected chi connectivity index (χ0v) is 18.5. The number of hydrogen-bond acceptors (Lipinski definition) is 5. The summed E-state index contributed by atoms with van der Waals surface area (Å²) >= 11 is 0. The monoisotopic (exact) mass is 465 g/mol. The fourth-order valence-corrected chi connectivity index (χ4v) is 4.44. The molecular formula is C26H25F2N3O3. The molecule has 3 aromatic carbocycles. The van der Waals surface area contributed by atoms with Gasteiger partial charge in [0.2, 0.25) is 6.79 Å². The number of hydrogen-bond donors (Lipinski definition) is 1. The minimum Gasteiger partial charge on any atom is -0.454 e. The second-order valence-electron chi connectivity index (χ2n) is 8.33. The van der Waals surface area contributed by atoms with Crippen LogP contribution in [0.25, 0.3) is 0 Å². The van der Waals surface area contributed by atoms with Gasteiger partial charge in [-0.15, -0.1) is 0 Å². The first-order valence-electron chi connectivity index (χ1n) is 11.3. The smallest absolute Gasteiger partial charge is 0.251 e. The SMILES string of the molecule is O=C(NC[C@@H](c1ccc2c(c1)OCO2)N1CCN(c2ccccc2)CC1)c1ccc(F)c(F)c1. The van der Waals surface area contributed by atoms with E-state index in [1.807, 2.05) is 36.4 Å². The molecule has 34 heavy (non-hydrogen) atoms. The van der Waals surface area contributed by atoms with Crippen molar-refractivity contribution in [2.75, 3.05) is 44.4 Å². The summed E-state index contributed by atoms with van der Waals surface area (Å²) in [5, 5.41) is 2.90. The third kappa shape index (κ3) is 4.68. The third-order valence-electron chi connectivity index (χ3n) is 6.30. The highest BCUT2D eigenvalue weighted by Gasteiger charge is 2.27. The molecule has 2 aliphatic heterocycles. The van der Waals surface area contributed by atoms with Gasteiger partial charge in [-0.2, -0.15) is 0 Å². The molecule has 1 fully saturated rings. The van der Waals surface area contributed by atoms with Gasteiger partial charge in [-0.25, -0.2) is 8.78 Å². The molecule has 0 aliphatic carbocycles. The molecule has 1 amide bonds. The van der Waals surface area contributed by atoms with Crippen LogP contribution in [0.2, 0.25) is 0 Å². The Morgan fingerprint density at radius 3 is 2.41 bits per heavy atom. The van der Waals surface area contributed by atoms with Crippen molar-refractivity contribution in [2.24, 2.45) is 0 Å². The molecule has 2 aliphatic rings. The summed E-state index contributed by atoms with van der Waals surface area (Å²) in [7, 11) is 0. The van der Waals surface area contributed by atoms with Crippen molar-refractivity contribution >= 4 is 11.6 Å². The Hall–Kier alpha value is -3.65. The summed E-state index contributed by atoms with van der Waals surface area (Å²) in [5.74, 6) is -1.10. The number of benzene rings is 3. The standard InChI is InChI=1S/C26H25F2N3O3/c27-21-8-6-19(14-22(21)28)26(32)29-16-23(18-7-9-24-25(15-18)34-17-33-24)31-12-10-30(11-13-31)20-4-2-1-3-5-20/h1-9,14-15,23H,10-13,16-17H2,(H,29,32)/t23-/m0/s1. The molecule has 0 unspecified atom stereocenters. The highest BCUT2D eigenvalue weighted by Crippen LogP contribution is 2.35. The quantitative estimate of drug-likeness (QED) is 0.597. The first-order valence-corrected chi connectivity index (χ1v) is 11.3. The molecule has 2 heterocycles. The lowest BCUT2D eigenvalue weighted by Crippen LogP contribution is -2.50. The number of amides is 1. The van der Waals surface area contributed by atoms with Gasteiger partial charge in [0.25, 0.3) is 5.91 Å². The van der Waals surface area contributed by atoms with Crippen molar-refractivity contribution in [3.8, 4) is 11.5 Å². The fourth-order valence-electron chi connectivity index (χ4n) is 4.44. The topological polar surface area (TPSA) is 54.0 Å². The largest absolute Gasteiger partial charge is 0.454 e. The van der Waals surface area contributed by atoms with E-state index in [0.29, 0.717) is 18.0 Å². The predicted octanol–water partition coefficient (Wildman–Crippen LogP) is 3.99. The number of rotatable bonds is 6. The van der Waals surface area contributed by atoms with Gasteiger partial charge in [0.1, 0.15) is 0 Å². The second-order valence-corrected chi connectivity index (χ2v) is 8.33. The number of carbonyl (C=O) groups excluding carboxylic acids is 1. The average molecular weight is 466 g/mol. The number of ether oxygens (including phenoxy) is 2. The second kappa shape index (κ2) is 9.69. The van der Waals surface area contributed by atoms with E-state index in [-0.39, 0.29) is 18.4 Å². The van der Waals surface area contributed by atoms with E-state index in [1.165, 1.54) is 11.8 Å². The van der Waals surface area contributed by atoms with Gasteiger partial charge in [0, 0.05) is 44.0 Å². The first kappa shape index (κ1) is 22.2. The van der Waals surface area contributed by atoms with E-state index < -0.39 is 17.5 Å². The van der Waals surface area contributed by atoms with E-state index in [0.717, 1.165) is 43.9 Å². The van der Waals surface area contributed by atoms with Crippen LogP contribution in [0.5, 0.6) is 11.5 Å². The zero-order chi connectivity index (χ0) is 23.5. The summed E-state index contributed by atoms with van der Waals surface area (Å²) in [6, 6.07) is 19.1. The zero-order valence-electron chi connectivity index (χ0n) is 18.5. The van der Waals surface area contributed by atoms with Crippen LogP contribution >= 0.6 is 0 Å². The lowest BCUT2D eigenvalue weighted by atomic mass is 10.0. The van der Waals surface area contributed by atoms with Gasteiger partial charge in [0.05, 0.1) is 6.04 Å². The Morgan fingerprint density at radius 1 is 0.882 bits per heavy atom. The van der Waals surface area contributed by atoms with Crippen molar-refractivity contribution in [3.63, 3.8) is 0 Å². The summed E-state index contributed by atoms with van der Waals surface area (Å²) < 4.78 is 37.9. The van der Waals surface area contributed by atoms with E-state index in [4.69, 9.17) is 9.47 Å². The minimum atomic E-state index is -1.04. The van der Waals surface area contributed by atoms with E-state index in [2.05, 4.69) is 27.2 Å². The van der Waals surface area contributed by atoms with Crippen molar-refractivity contribution in [2.45, 2.75) is 6.04 Å². The Morgan fingerprint density at radius 2 is 1.65 bits per heavy atom. The number of anilines is 1. The maximum atomic E-state index is 13.6. The highest BCUT2D eigenvalue weighted by molar-refractivity contribution is 5.94. The summed E-state index contributed by atoms with van der Waals surface area (Å²) in [6.45, 7) is 3.79. The van der Waals surface area contributed by atoms with Gasteiger partial charge in [-0.3, -0.25) is 9.69 Å². The van der Waals surface area contributed by atoms with Gasteiger partial charge < -0.3 is 19.7 Å². The maximum absolute atomic E-state index is 13.6. The highest BCUT2D eigenvalue weighted by atomic mass is 19.2. The molecular weight excluding hydrogens is 440 g/mol. The molecule has 0 spiro atoms. The van der Waals surface area contributed by atoms with Crippen LogP contribution in [0.15, 0.2) is 66.7 Å². The molecule has 6 nitrogen and oxygen atoms in total. The van der Waals surface area contributed by atoms with Crippen LogP contribution in [-0.2, 0) is 0 Å². The number of para-hydroxylation sites is 1. The first-order chi connectivity index (χ1) is 16.6. The number of carbonyl (C=O) groups is 1. The molecule has 5 rings (SSSR count). The number of piperazine rings is 1. The van der Waals surface area contributed by atoms with Gasteiger partial charge in [0.15, 0.2) is 23.1 Å². The van der Waals surface area contributed by atoms with E-state index in [9.17, 15) is 13.6 Å². The fraction of sp³-hybridized carbons (Fsp3) is 0.269. The molecule has 8 heteroatoms. The van der Waals surface area contributed by atoms with Gasteiger partial charge >= 0.3 is 0 Å². The predicted molar refractivity (Wildman–Crippen MR) is 124 cm³/mol. The normalized spacial score (nSPS) is 16.4. The van der Waals surface area contributed by atoms with Crippen molar-refractivity contribution in [1.82, 2.24) is 10.2 Å². The van der Waals surface area contributed by atoms with Crippen LogP contribution < -0.4 is 19.7 Å². The molecule has 0 aromatic heterocycles. The van der Waals surface area contributed by atoms with Crippen LogP contribution in [0.3, 0.4) is 0 Å². The Balaban J connectivity index is 1.32. The summed E-state index contributed by atoms with van der Waals surface area (Å²) in [4.78, 5) is 17.3. The number of nitrogens with zero attached hydrogens (tertiary/aromatic N) is 2. The van der Waals surface area contributed by atoms with Crippen LogP contribution in [-0.4, -0.2) is 50.3 Å². The molecule has 0 saturated carbocycles. The average Bonchev–Trinajstić information content (AvgIpc) is 3.35. The third-order valence-corrected chi connectivity index (χ3v) is 6.30. The molecule has 176 valence electrons. The number of fused-ring (bicyclic) bond motifs is 1. The molecule has 1 atom stereocenters. The van der Waals surface area contributed by atoms with Crippen LogP contribution in [0.1, 0.15) is 22.0 Å². The molecule has 1 N–H and O–H groups in total. The molecule has 3 aromatic rings. The lowest BCUT2D eigenvalue weighted by Gasteiger charge is -2.40.